The predicted molar refractivity (Wildman–Crippen MR) is 51.7 cm³/mol. The highest BCUT2D eigenvalue weighted by Gasteiger charge is 2.19. The molecule has 78 valence electrons. The zero-order valence-electron chi connectivity index (χ0n) is 7.68. The lowest BCUT2D eigenvalue weighted by atomic mass is 10.0. The van der Waals surface area contributed by atoms with Gasteiger partial charge in [-0.1, -0.05) is 0 Å². The Morgan fingerprint density at radius 2 is 2.21 bits per heavy atom. The van der Waals surface area contributed by atoms with Crippen LogP contribution in [0.3, 0.4) is 0 Å². The number of pyridine rings is 1. The number of aliphatic hydroxyl groups excluding tert-OH is 2. The second-order valence-corrected chi connectivity index (χ2v) is 3.04. The monoisotopic (exact) mass is 198 g/mol. The SMILES string of the molecule is NCCC(O)C(O)c1ccc[nH]c1=O. The zero-order valence-corrected chi connectivity index (χ0v) is 7.68. The van der Waals surface area contributed by atoms with Crippen LogP contribution in [0.4, 0.5) is 0 Å². The van der Waals surface area contributed by atoms with Gasteiger partial charge in [-0.3, -0.25) is 4.79 Å². The Morgan fingerprint density at radius 1 is 1.50 bits per heavy atom. The molecule has 0 saturated heterocycles. The summed E-state index contributed by atoms with van der Waals surface area (Å²) in [5, 5.41) is 19.0. The summed E-state index contributed by atoms with van der Waals surface area (Å²) >= 11 is 0. The average molecular weight is 198 g/mol. The number of H-pyrrole nitrogens is 1. The maximum absolute atomic E-state index is 11.2. The second-order valence-electron chi connectivity index (χ2n) is 3.04. The summed E-state index contributed by atoms with van der Waals surface area (Å²) in [6, 6.07) is 3.07. The van der Waals surface area contributed by atoms with Gasteiger partial charge in [0.15, 0.2) is 0 Å². The Labute approximate surface area is 81.2 Å². The van der Waals surface area contributed by atoms with Crippen molar-refractivity contribution in [2.75, 3.05) is 6.54 Å². The molecule has 0 aromatic carbocycles. The first-order valence-corrected chi connectivity index (χ1v) is 4.40. The molecule has 14 heavy (non-hydrogen) atoms. The van der Waals surface area contributed by atoms with Crippen LogP contribution in [0.5, 0.6) is 0 Å². The van der Waals surface area contributed by atoms with Crippen molar-refractivity contribution in [2.24, 2.45) is 5.73 Å². The molecule has 0 radical (unpaired) electrons. The number of aliphatic hydroxyl groups is 2. The van der Waals surface area contributed by atoms with E-state index in [1.807, 2.05) is 0 Å². The van der Waals surface area contributed by atoms with Crippen molar-refractivity contribution in [1.29, 1.82) is 0 Å². The molecule has 5 heteroatoms. The van der Waals surface area contributed by atoms with E-state index in [-0.39, 0.29) is 18.5 Å². The number of nitrogens with one attached hydrogen (secondary N) is 1. The molecule has 1 heterocycles. The Kier molecular flexibility index (Phi) is 3.82. The Balaban J connectivity index is 2.84. The fourth-order valence-electron chi connectivity index (χ4n) is 1.20. The molecule has 5 nitrogen and oxygen atoms in total. The number of aromatic nitrogens is 1. The highest BCUT2D eigenvalue weighted by atomic mass is 16.3. The van der Waals surface area contributed by atoms with Crippen LogP contribution in [0.2, 0.25) is 0 Å². The highest BCUT2D eigenvalue weighted by molar-refractivity contribution is 5.13. The molecule has 0 amide bonds. The van der Waals surface area contributed by atoms with Crippen molar-refractivity contribution in [3.63, 3.8) is 0 Å². The van der Waals surface area contributed by atoms with Crippen molar-refractivity contribution in [2.45, 2.75) is 18.6 Å². The van der Waals surface area contributed by atoms with Gasteiger partial charge in [0, 0.05) is 11.8 Å². The summed E-state index contributed by atoms with van der Waals surface area (Å²) in [6.07, 6.45) is -0.449. The molecule has 0 fully saturated rings. The van der Waals surface area contributed by atoms with Crippen molar-refractivity contribution in [1.82, 2.24) is 4.98 Å². The van der Waals surface area contributed by atoms with Crippen molar-refractivity contribution in [3.05, 3.63) is 34.2 Å². The molecular formula is C9H14N2O3. The topological polar surface area (TPSA) is 99.3 Å². The van der Waals surface area contributed by atoms with E-state index in [0.717, 1.165) is 0 Å². The maximum atomic E-state index is 11.2. The van der Waals surface area contributed by atoms with Crippen LogP contribution in [0, 0.1) is 0 Å². The van der Waals surface area contributed by atoms with E-state index in [2.05, 4.69) is 4.98 Å². The van der Waals surface area contributed by atoms with E-state index in [1.165, 1.54) is 12.3 Å². The summed E-state index contributed by atoms with van der Waals surface area (Å²) in [7, 11) is 0. The zero-order chi connectivity index (χ0) is 10.6. The van der Waals surface area contributed by atoms with E-state index < -0.39 is 17.8 Å². The molecule has 2 atom stereocenters. The first-order chi connectivity index (χ1) is 6.66. The van der Waals surface area contributed by atoms with Crippen LogP contribution < -0.4 is 11.3 Å². The van der Waals surface area contributed by atoms with Gasteiger partial charge in [-0.15, -0.1) is 0 Å². The second kappa shape index (κ2) is 4.90. The molecule has 0 aliphatic heterocycles. The number of nitrogens with two attached hydrogens (primary N) is 1. The van der Waals surface area contributed by atoms with Gasteiger partial charge in [0.1, 0.15) is 6.10 Å². The average Bonchev–Trinajstić information content (AvgIpc) is 2.18. The molecule has 0 bridgehead atoms. The first-order valence-electron chi connectivity index (χ1n) is 4.40. The number of rotatable bonds is 4. The molecule has 1 aromatic rings. The highest BCUT2D eigenvalue weighted by Crippen LogP contribution is 2.14. The number of hydrogen-bond donors (Lipinski definition) is 4. The van der Waals surface area contributed by atoms with Crippen LogP contribution in [0.1, 0.15) is 18.1 Å². The number of aromatic amines is 1. The molecule has 1 aromatic heterocycles. The van der Waals surface area contributed by atoms with Gasteiger partial charge < -0.3 is 20.9 Å². The van der Waals surface area contributed by atoms with Gasteiger partial charge in [-0.2, -0.15) is 0 Å². The normalized spacial score (nSPS) is 15.1. The third-order valence-corrected chi connectivity index (χ3v) is 1.99. The van der Waals surface area contributed by atoms with E-state index >= 15 is 0 Å². The maximum Gasteiger partial charge on any atom is 0.253 e. The third kappa shape index (κ3) is 2.41. The van der Waals surface area contributed by atoms with Crippen LogP contribution >= 0.6 is 0 Å². The summed E-state index contributed by atoms with van der Waals surface area (Å²) < 4.78 is 0. The van der Waals surface area contributed by atoms with Crippen LogP contribution in [-0.2, 0) is 0 Å². The minimum Gasteiger partial charge on any atom is -0.390 e. The van der Waals surface area contributed by atoms with Crippen LogP contribution in [0.15, 0.2) is 23.1 Å². The van der Waals surface area contributed by atoms with E-state index in [0.29, 0.717) is 0 Å². The Bertz CT molecular complexity index is 337. The Hall–Kier alpha value is -1.17. The largest absolute Gasteiger partial charge is 0.390 e. The number of hydrogen-bond acceptors (Lipinski definition) is 4. The fraction of sp³-hybridized carbons (Fsp3) is 0.444. The molecule has 0 saturated carbocycles. The predicted octanol–water partition coefficient (Wildman–Crippen LogP) is -0.882. The molecule has 5 N–H and O–H groups in total. The summed E-state index contributed by atoms with van der Waals surface area (Å²) in [6.45, 7) is 0.267. The lowest BCUT2D eigenvalue weighted by molar-refractivity contribution is 0.0142. The van der Waals surface area contributed by atoms with Crippen LogP contribution in [-0.4, -0.2) is 27.8 Å². The molecule has 1 rings (SSSR count). The molecular weight excluding hydrogens is 184 g/mol. The quantitative estimate of drug-likeness (QED) is 0.504. The molecule has 2 unspecified atom stereocenters. The van der Waals surface area contributed by atoms with Gasteiger partial charge >= 0.3 is 0 Å². The third-order valence-electron chi connectivity index (χ3n) is 1.99. The summed E-state index contributed by atoms with van der Waals surface area (Å²) in [5.74, 6) is 0. The lowest BCUT2D eigenvalue weighted by Crippen LogP contribution is -2.26. The molecule has 0 aliphatic carbocycles. The fourth-order valence-corrected chi connectivity index (χ4v) is 1.20. The minimum absolute atomic E-state index is 0.161. The molecule has 0 spiro atoms. The molecule has 0 aliphatic rings. The van der Waals surface area contributed by atoms with E-state index in [1.54, 1.807) is 6.07 Å². The Morgan fingerprint density at radius 3 is 2.79 bits per heavy atom. The van der Waals surface area contributed by atoms with Crippen LogP contribution in [0.25, 0.3) is 0 Å². The summed E-state index contributed by atoms with van der Waals surface area (Å²) in [4.78, 5) is 13.6. The van der Waals surface area contributed by atoms with E-state index in [4.69, 9.17) is 5.73 Å². The minimum atomic E-state index is -1.18. The lowest BCUT2D eigenvalue weighted by Gasteiger charge is -2.16. The van der Waals surface area contributed by atoms with Gasteiger partial charge in [-0.25, -0.2) is 0 Å². The van der Waals surface area contributed by atoms with Crippen molar-refractivity contribution in [3.8, 4) is 0 Å². The van der Waals surface area contributed by atoms with Gasteiger partial charge in [-0.05, 0) is 25.1 Å². The van der Waals surface area contributed by atoms with E-state index in [9.17, 15) is 15.0 Å². The van der Waals surface area contributed by atoms with Crippen molar-refractivity contribution >= 4 is 0 Å². The van der Waals surface area contributed by atoms with Gasteiger partial charge in [0.25, 0.3) is 5.56 Å². The summed E-state index contributed by atoms with van der Waals surface area (Å²) in [5.41, 5.74) is 4.99. The van der Waals surface area contributed by atoms with Crippen molar-refractivity contribution < 1.29 is 10.2 Å². The standard InChI is InChI=1S/C9H14N2O3/c10-4-3-7(12)8(13)6-2-1-5-11-9(6)14/h1-2,5,7-8,12-13H,3-4,10H2,(H,11,14). The van der Waals surface area contributed by atoms with Gasteiger partial charge in [0.2, 0.25) is 0 Å². The van der Waals surface area contributed by atoms with Gasteiger partial charge in [0.05, 0.1) is 6.10 Å². The first kappa shape index (κ1) is 10.9. The smallest absolute Gasteiger partial charge is 0.253 e.